The van der Waals surface area contributed by atoms with Crippen LogP contribution < -0.4 is 14.4 Å². The molecule has 31 heavy (non-hydrogen) atoms. The van der Waals surface area contributed by atoms with Gasteiger partial charge in [-0.2, -0.15) is 0 Å². The Morgan fingerprint density at radius 3 is 2.23 bits per heavy atom. The maximum atomic E-state index is 13.4. The van der Waals surface area contributed by atoms with Gasteiger partial charge in [0.15, 0.2) is 0 Å². The summed E-state index contributed by atoms with van der Waals surface area (Å²) in [6.45, 7) is 2.24. The van der Waals surface area contributed by atoms with Gasteiger partial charge in [-0.15, -0.1) is 0 Å². The molecule has 0 fully saturated rings. The lowest BCUT2D eigenvalue weighted by Gasteiger charge is -2.24. The molecule has 3 aromatic rings. The second kappa shape index (κ2) is 10.1. The minimum absolute atomic E-state index is 0.0404. The summed E-state index contributed by atoms with van der Waals surface area (Å²) in [5.41, 5.74) is 1.04. The number of amides is 1. The summed E-state index contributed by atoms with van der Waals surface area (Å²) in [4.78, 5) is 12.6. The van der Waals surface area contributed by atoms with E-state index in [0.29, 0.717) is 6.61 Å². The summed E-state index contributed by atoms with van der Waals surface area (Å²) in [5.74, 6) is -0.257. The van der Waals surface area contributed by atoms with Crippen molar-refractivity contribution in [2.45, 2.75) is 18.4 Å². The van der Waals surface area contributed by atoms with E-state index in [9.17, 15) is 17.6 Å². The topological polar surface area (TPSA) is 75.7 Å². The number of carbonyl (C=O) groups is 1. The minimum atomic E-state index is -4.02. The van der Waals surface area contributed by atoms with Crippen molar-refractivity contribution in [1.82, 2.24) is 5.32 Å². The van der Waals surface area contributed by atoms with Crippen LogP contribution in [0.2, 0.25) is 0 Å². The zero-order chi connectivity index (χ0) is 22.3. The minimum Gasteiger partial charge on any atom is -0.494 e. The molecule has 1 N–H and O–H groups in total. The number of benzene rings is 3. The molecule has 0 spiro atoms. The van der Waals surface area contributed by atoms with Crippen molar-refractivity contribution in [2.24, 2.45) is 0 Å². The van der Waals surface area contributed by atoms with E-state index in [1.807, 2.05) is 19.1 Å². The van der Waals surface area contributed by atoms with Gasteiger partial charge in [-0.1, -0.05) is 30.3 Å². The quantitative estimate of drug-likeness (QED) is 0.548. The molecule has 0 heterocycles. The highest BCUT2D eigenvalue weighted by Gasteiger charge is 2.27. The van der Waals surface area contributed by atoms with Crippen LogP contribution in [0.5, 0.6) is 5.75 Å². The molecule has 0 aliphatic carbocycles. The van der Waals surface area contributed by atoms with Gasteiger partial charge < -0.3 is 10.1 Å². The summed E-state index contributed by atoms with van der Waals surface area (Å²) in [7, 11) is -4.02. The van der Waals surface area contributed by atoms with Gasteiger partial charge in [0.1, 0.15) is 18.1 Å². The summed E-state index contributed by atoms with van der Waals surface area (Å²) in [5, 5.41) is 2.73. The molecule has 0 saturated heterocycles. The van der Waals surface area contributed by atoms with Crippen LogP contribution in [0.4, 0.5) is 10.1 Å². The van der Waals surface area contributed by atoms with Gasteiger partial charge in [-0.05, 0) is 61.0 Å². The van der Waals surface area contributed by atoms with Crippen LogP contribution in [0.3, 0.4) is 0 Å². The lowest BCUT2D eigenvalue weighted by Crippen LogP contribution is -2.40. The average Bonchev–Trinajstić information content (AvgIpc) is 2.78. The molecular formula is C23H23FN2O4S. The Morgan fingerprint density at radius 1 is 0.968 bits per heavy atom. The zero-order valence-electron chi connectivity index (χ0n) is 17.0. The van der Waals surface area contributed by atoms with Crippen molar-refractivity contribution in [3.8, 4) is 5.75 Å². The smallest absolute Gasteiger partial charge is 0.264 e. The van der Waals surface area contributed by atoms with Gasteiger partial charge in [-0.25, -0.2) is 12.8 Å². The molecule has 0 aliphatic heterocycles. The molecule has 162 valence electrons. The largest absolute Gasteiger partial charge is 0.494 e. The van der Waals surface area contributed by atoms with Crippen LogP contribution in [0.1, 0.15) is 12.5 Å². The van der Waals surface area contributed by atoms with E-state index < -0.39 is 28.3 Å². The predicted octanol–water partition coefficient (Wildman–Crippen LogP) is 3.74. The lowest BCUT2D eigenvalue weighted by atomic mass is 10.2. The third kappa shape index (κ3) is 5.82. The summed E-state index contributed by atoms with van der Waals surface area (Å²) < 4.78 is 46.0. The number of ether oxygens (including phenoxy) is 1. The van der Waals surface area contributed by atoms with E-state index in [0.717, 1.165) is 27.8 Å². The van der Waals surface area contributed by atoms with Gasteiger partial charge in [0.2, 0.25) is 5.91 Å². The summed E-state index contributed by atoms with van der Waals surface area (Å²) >= 11 is 0. The van der Waals surface area contributed by atoms with Gasteiger partial charge in [0.25, 0.3) is 10.0 Å². The molecule has 3 aromatic carbocycles. The number of sulfonamides is 1. The van der Waals surface area contributed by atoms with Crippen LogP contribution >= 0.6 is 0 Å². The van der Waals surface area contributed by atoms with Crippen LogP contribution in [-0.4, -0.2) is 27.5 Å². The van der Waals surface area contributed by atoms with Crippen LogP contribution in [0, 0.1) is 5.82 Å². The lowest BCUT2D eigenvalue weighted by molar-refractivity contribution is -0.119. The second-order valence-corrected chi connectivity index (χ2v) is 8.52. The molecule has 0 unspecified atom stereocenters. The van der Waals surface area contributed by atoms with E-state index in [-0.39, 0.29) is 17.1 Å². The van der Waals surface area contributed by atoms with Crippen molar-refractivity contribution < 1.29 is 22.3 Å². The molecule has 3 rings (SSSR count). The standard InChI is InChI=1S/C23H23FN2O4S/c1-2-30-21-14-8-18(9-15-21)16-25-23(27)17-26(20-12-10-19(24)11-13-20)31(28,29)22-6-4-3-5-7-22/h3-15H,2,16-17H2,1H3,(H,25,27). The number of halogens is 1. The Hall–Kier alpha value is -3.39. The number of rotatable bonds is 9. The fourth-order valence-electron chi connectivity index (χ4n) is 2.90. The van der Waals surface area contributed by atoms with Crippen molar-refractivity contribution in [3.05, 3.63) is 90.2 Å². The first-order chi connectivity index (χ1) is 14.9. The van der Waals surface area contributed by atoms with E-state index >= 15 is 0 Å². The van der Waals surface area contributed by atoms with Crippen molar-refractivity contribution >= 4 is 21.6 Å². The number of hydrogen-bond acceptors (Lipinski definition) is 4. The first kappa shape index (κ1) is 22.3. The van der Waals surface area contributed by atoms with Crippen LogP contribution in [-0.2, 0) is 21.4 Å². The van der Waals surface area contributed by atoms with Crippen molar-refractivity contribution in [1.29, 1.82) is 0 Å². The van der Waals surface area contributed by atoms with Gasteiger partial charge >= 0.3 is 0 Å². The van der Waals surface area contributed by atoms with Gasteiger partial charge in [0, 0.05) is 6.54 Å². The molecular weight excluding hydrogens is 419 g/mol. The SMILES string of the molecule is CCOc1ccc(CNC(=O)CN(c2ccc(F)cc2)S(=O)(=O)c2ccccc2)cc1. The molecule has 0 saturated carbocycles. The highest BCUT2D eigenvalue weighted by atomic mass is 32.2. The van der Waals surface area contributed by atoms with E-state index in [1.54, 1.807) is 30.3 Å². The third-order valence-corrected chi connectivity index (χ3v) is 6.25. The van der Waals surface area contributed by atoms with Gasteiger partial charge in [0.05, 0.1) is 17.2 Å². The second-order valence-electron chi connectivity index (χ2n) is 6.65. The molecule has 6 nitrogen and oxygen atoms in total. The zero-order valence-corrected chi connectivity index (χ0v) is 17.8. The predicted molar refractivity (Wildman–Crippen MR) is 117 cm³/mol. The first-order valence-corrected chi connectivity index (χ1v) is 11.2. The molecule has 0 radical (unpaired) electrons. The molecule has 0 aliphatic rings. The molecule has 0 aromatic heterocycles. The highest BCUT2D eigenvalue weighted by molar-refractivity contribution is 7.92. The Bertz CT molecular complexity index is 1100. The number of nitrogens with one attached hydrogen (secondary N) is 1. The van der Waals surface area contributed by atoms with Crippen molar-refractivity contribution in [3.63, 3.8) is 0 Å². The Morgan fingerprint density at radius 2 is 1.61 bits per heavy atom. The maximum Gasteiger partial charge on any atom is 0.264 e. The fraction of sp³-hybridized carbons (Fsp3) is 0.174. The number of carbonyl (C=O) groups excluding carboxylic acids is 1. The van der Waals surface area contributed by atoms with E-state index in [4.69, 9.17) is 4.74 Å². The Labute approximate surface area is 181 Å². The monoisotopic (exact) mass is 442 g/mol. The number of anilines is 1. The molecule has 8 heteroatoms. The maximum absolute atomic E-state index is 13.4. The van der Waals surface area contributed by atoms with E-state index in [2.05, 4.69) is 5.32 Å². The summed E-state index contributed by atoms with van der Waals surface area (Å²) in [6.07, 6.45) is 0. The van der Waals surface area contributed by atoms with Crippen molar-refractivity contribution in [2.75, 3.05) is 17.5 Å². The molecule has 0 atom stereocenters. The first-order valence-electron chi connectivity index (χ1n) is 9.72. The van der Waals surface area contributed by atoms with E-state index in [1.165, 1.54) is 24.3 Å². The van der Waals surface area contributed by atoms with Crippen LogP contribution in [0.15, 0.2) is 83.8 Å². The van der Waals surface area contributed by atoms with Gasteiger partial charge in [-0.3, -0.25) is 9.10 Å². The Kier molecular flexibility index (Phi) is 7.25. The number of nitrogens with zero attached hydrogens (tertiary/aromatic N) is 1. The fourth-order valence-corrected chi connectivity index (χ4v) is 4.34. The summed E-state index contributed by atoms with van der Waals surface area (Å²) in [6, 6.07) is 20.0. The Balaban J connectivity index is 1.76. The number of hydrogen-bond donors (Lipinski definition) is 1. The van der Waals surface area contributed by atoms with Crippen LogP contribution in [0.25, 0.3) is 0 Å². The highest BCUT2D eigenvalue weighted by Crippen LogP contribution is 2.23. The molecule has 1 amide bonds. The molecule has 0 bridgehead atoms. The third-order valence-electron chi connectivity index (χ3n) is 4.46. The average molecular weight is 443 g/mol. The normalized spacial score (nSPS) is 11.0.